The van der Waals surface area contributed by atoms with Crippen LogP contribution < -0.4 is 0 Å². The molecule has 0 aromatic carbocycles. The van der Waals surface area contributed by atoms with Crippen LogP contribution >= 0.6 is 0 Å². The molecule has 4 atom stereocenters. The Kier molecular flexibility index (Phi) is 4.28. The second-order valence-electron chi connectivity index (χ2n) is 4.50. The van der Waals surface area contributed by atoms with Gasteiger partial charge in [0.2, 0.25) is 0 Å². The van der Waals surface area contributed by atoms with E-state index in [2.05, 4.69) is 17.2 Å². The van der Waals surface area contributed by atoms with Crippen LogP contribution in [0, 0.1) is 0 Å². The van der Waals surface area contributed by atoms with Gasteiger partial charge in [0, 0.05) is 0 Å². The van der Waals surface area contributed by atoms with E-state index in [0.717, 1.165) is 25.0 Å². The predicted molar refractivity (Wildman–Crippen MR) is 61.6 cm³/mol. The molecule has 2 rings (SSSR count). The molecular weight excluding hydrogens is 238 g/mol. The van der Waals surface area contributed by atoms with E-state index < -0.39 is 24.5 Å². The lowest BCUT2D eigenvalue weighted by Crippen LogP contribution is -2.33. The zero-order valence-corrected chi connectivity index (χ0v) is 10.3. The molecule has 1 aromatic heterocycles. The maximum Gasteiger partial charge on any atom is 0.181 e. The van der Waals surface area contributed by atoms with Crippen LogP contribution in [0.15, 0.2) is 6.20 Å². The van der Waals surface area contributed by atoms with Gasteiger partial charge >= 0.3 is 0 Å². The van der Waals surface area contributed by atoms with E-state index in [4.69, 9.17) is 9.84 Å². The Balaban J connectivity index is 2.14. The number of unbranched alkanes of at least 4 members (excludes halogenated alkanes) is 1. The molecule has 3 N–H and O–H groups in total. The van der Waals surface area contributed by atoms with Gasteiger partial charge in [0.15, 0.2) is 6.23 Å². The third-order valence-electron chi connectivity index (χ3n) is 3.19. The van der Waals surface area contributed by atoms with E-state index in [0.29, 0.717) is 0 Å². The number of ether oxygens (including phenoxy) is 1. The van der Waals surface area contributed by atoms with E-state index in [-0.39, 0.29) is 6.61 Å². The van der Waals surface area contributed by atoms with E-state index in [1.807, 2.05) is 0 Å². The highest BCUT2D eigenvalue weighted by molar-refractivity contribution is 4.99. The Bertz CT molecular complexity index is 384. The van der Waals surface area contributed by atoms with Crippen molar-refractivity contribution in [2.45, 2.75) is 50.7 Å². The van der Waals surface area contributed by atoms with Crippen molar-refractivity contribution in [3.05, 3.63) is 11.9 Å². The van der Waals surface area contributed by atoms with Gasteiger partial charge in [-0.15, -0.1) is 5.10 Å². The molecule has 7 heteroatoms. The fourth-order valence-corrected chi connectivity index (χ4v) is 2.10. The minimum absolute atomic E-state index is 0.340. The van der Waals surface area contributed by atoms with Gasteiger partial charge in [-0.2, -0.15) is 0 Å². The molecule has 1 saturated heterocycles. The summed E-state index contributed by atoms with van der Waals surface area (Å²) < 4.78 is 6.90. The lowest BCUT2D eigenvalue weighted by Gasteiger charge is -2.16. The SMILES string of the molecule is CCCCc1cnnn1[C@@H]1O[C@H](CO)[C@@H](O)[C@H]1O. The molecule has 1 aliphatic heterocycles. The number of hydrogen-bond donors (Lipinski definition) is 3. The highest BCUT2D eigenvalue weighted by Gasteiger charge is 2.44. The summed E-state index contributed by atoms with van der Waals surface area (Å²) in [6.45, 7) is 1.74. The Labute approximate surface area is 105 Å². The van der Waals surface area contributed by atoms with Gasteiger partial charge < -0.3 is 20.1 Å². The number of nitrogens with zero attached hydrogens (tertiary/aromatic N) is 3. The van der Waals surface area contributed by atoms with Crippen LogP contribution in [0.3, 0.4) is 0 Å². The zero-order chi connectivity index (χ0) is 13.1. The van der Waals surface area contributed by atoms with Crippen molar-refractivity contribution in [2.24, 2.45) is 0 Å². The van der Waals surface area contributed by atoms with Gasteiger partial charge in [0.25, 0.3) is 0 Å². The standard InChI is InChI=1S/C11H19N3O4/c1-2-3-4-7-5-12-13-14(7)11-10(17)9(16)8(6-15)18-11/h5,8-11,15-17H,2-4,6H2,1H3/t8-,9-,10-,11-/m1/s1. The molecule has 18 heavy (non-hydrogen) atoms. The van der Waals surface area contributed by atoms with E-state index >= 15 is 0 Å². The first kappa shape index (κ1) is 13.4. The quantitative estimate of drug-likeness (QED) is 0.640. The first-order valence-corrected chi connectivity index (χ1v) is 6.20. The molecule has 0 spiro atoms. The van der Waals surface area contributed by atoms with Gasteiger partial charge in [-0.1, -0.05) is 18.6 Å². The van der Waals surface area contributed by atoms with Crippen LogP contribution in [-0.4, -0.2) is 55.2 Å². The molecule has 0 saturated carbocycles. The summed E-state index contributed by atoms with van der Waals surface area (Å²) in [5, 5.41) is 36.3. The summed E-state index contributed by atoms with van der Waals surface area (Å²) in [7, 11) is 0. The molecule has 7 nitrogen and oxygen atoms in total. The number of aromatic nitrogens is 3. The highest BCUT2D eigenvalue weighted by atomic mass is 16.6. The van der Waals surface area contributed by atoms with E-state index in [9.17, 15) is 10.2 Å². The summed E-state index contributed by atoms with van der Waals surface area (Å²) in [4.78, 5) is 0. The Hall–Kier alpha value is -1.02. The van der Waals surface area contributed by atoms with Gasteiger partial charge in [0.1, 0.15) is 18.3 Å². The van der Waals surface area contributed by atoms with Crippen molar-refractivity contribution in [1.82, 2.24) is 15.0 Å². The van der Waals surface area contributed by atoms with Crippen LogP contribution in [0.25, 0.3) is 0 Å². The number of rotatable bonds is 5. The summed E-state index contributed by atoms with van der Waals surface area (Å²) in [6.07, 6.45) is 0.663. The van der Waals surface area contributed by atoms with Crippen LogP contribution in [0.1, 0.15) is 31.7 Å². The van der Waals surface area contributed by atoms with Crippen LogP contribution in [-0.2, 0) is 11.2 Å². The van der Waals surface area contributed by atoms with Crippen molar-refractivity contribution < 1.29 is 20.1 Å². The number of aryl methyl sites for hydroxylation is 1. The zero-order valence-electron chi connectivity index (χ0n) is 10.3. The summed E-state index contributed by atoms with van der Waals surface area (Å²) >= 11 is 0. The van der Waals surface area contributed by atoms with Gasteiger partial charge in [-0.3, -0.25) is 0 Å². The molecule has 0 radical (unpaired) electrons. The van der Waals surface area contributed by atoms with Crippen molar-refractivity contribution >= 4 is 0 Å². The number of aliphatic hydroxyl groups excluding tert-OH is 3. The highest BCUT2D eigenvalue weighted by Crippen LogP contribution is 2.29. The molecule has 1 aliphatic rings. The molecule has 1 fully saturated rings. The molecule has 0 bridgehead atoms. The van der Waals surface area contributed by atoms with Crippen molar-refractivity contribution in [2.75, 3.05) is 6.61 Å². The fourth-order valence-electron chi connectivity index (χ4n) is 2.10. The van der Waals surface area contributed by atoms with Gasteiger partial charge in [-0.05, 0) is 12.8 Å². The maximum atomic E-state index is 9.91. The average Bonchev–Trinajstić information content (AvgIpc) is 2.94. The van der Waals surface area contributed by atoms with Gasteiger partial charge in [-0.25, -0.2) is 4.68 Å². The van der Waals surface area contributed by atoms with Crippen LogP contribution in [0.2, 0.25) is 0 Å². The monoisotopic (exact) mass is 257 g/mol. The average molecular weight is 257 g/mol. The minimum Gasteiger partial charge on any atom is -0.394 e. The Morgan fingerprint density at radius 2 is 2.17 bits per heavy atom. The maximum absolute atomic E-state index is 9.91. The lowest BCUT2D eigenvalue weighted by molar-refractivity contribution is -0.0606. The van der Waals surface area contributed by atoms with Crippen molar-refractivity contribution in [3.8, 4) is 0 Å². The number of hydrogen-bond acceptors (Lipinski definition) is 6. The third-order valence-corrected chi connectivity index (χ3v) is 3.19. The fraction of sp³-hybridized carbons (Fsp3) is 0.818. The number of aliphatic hydroxyl groups is 3. The largest absolute Gasteiger partial charge is 0.394 e. The minimum atomic E-state index is -1.11. The molecular formula is C11H19N3O4. The second-order valence-corrected chi connectivity index (χ2v) is 4.50. The van der Waals surface area contributed by atoms with Crippen LogP contribution in [0.4, 0.5) is 0 Å². The summed E-state index contributed by atoms with van der Waals surface area (Å²) in [5.41, 5.74) is 0.853. The third kappa shape index (κ3) is 2.39. The molecule has 0 unspecified atom stereocenters. The molecule has 102 valence electrons. The first-order valence-electron chi connectivity index (χ1n) is 6.20. The molecule has 1 aromatic rings. The molecule has 0 amide bonds. The Morgan fingerprint density at radius 3 is 2.78 bits per heavy atom. The first-order chi connectivity index (χ1) is 8.69. The molecule has 0 aliphatic carbocycles. The lowest BCUT2D eigenvalue weighted by atomic mass is 10.1. The normalized spacial score (nSPS) is 32.0. The smallest absolute Gasteiger partial charge is 0.181 e. The molecule has 2 heterocycles. The van der Waals surface area contributed by atoms with Crippen molar-refractivity contribution in [1.29, 1.82) is 0 Å². The topological polar surface area (TPSA) is 101 Å². The summed E-state index contributed by atoms with van der Waals surface area (Å²) in [6, 6.07) is 0. The summed E-state index contributed by atoms with van der Waals surface area (Å²) in [5.74, 6) is 0. The second kappa shape index (κ2) is 5.75. The van der Waals surface area contributed by atoms with E-state index in [1.165, 1.54) is 4.68 Å². The van der Waals surface area contributed by atoms with Crippen molar-refractivity contribution in [3.63, 3.8) is 0 Å². The Morgan fingerprint density at radius 1 is 1.39 bits per heavy atom. The predicted octanol–water partition coefficient (Wildman–Crippen LogP) is -0.768. The van der Waals surface area contributed by atoms with Gasteiger partial charge in [0.05, 0.1) is 18.5 Å². The van der Waals surface area contributed by atoms with Crippen LogP contribution in [0.5, 0.6) is 0 Å². The van der Waals surface area contributed by atoms with E-state index in [1.54, 1.807) is 6.20 Å².